The normalized spacial score (nSPS) is 25.8. The fourth-order valence-corrected chi connectivity index (χ4v) is 4.07. The number of rotatable bonds is 6. The van der Waals surface area contributed by atoms with E-state index in [0.717, 1.165) is 24.8 Å². The van der Waals surface area contributed by atoms with Crippen LogP contribution in [0.2, 0.25) is 0 Å². The second-order valence-corrected chi connectivity index (χ2v) is 8.14. The summed E-state index contributed by atoms with van der Waals surface area (Å²) in [4.78, 5) is 29.2. The van der Waals surface area contributed by atoms with Crippen molar-refractivity contribution in [2.75, 3.05) is 26.2 Å². The molecule has 2 fully saturated rings. The van der Waals surface area contributed by atoms with Crippen molar-refractivity contribution >= 4 is 11.8 Å². The number of carbonyl (C=O) groups excluding carboxylic acids is 2. The number of benzene rings is 1. The van der Waals surface area contributed by atoms with Crippen molar-refractivity contribution in [3.63, 3.8) is 0 Å². The SMILES string of the molecule is CCCO[C@@H]1C[C@@H](C(=O)N2CCN(Cc3ccc(C)cc3)C(=O)C2)CC[C@H]1N. The number of nitrogens with two attached hydrogens (primary N) is 1. The van der Waals surface area contributed by atoms with E-state index in [9.17, 15) is 9.59 Å². The highest BCUT2D eigenvalue weighted by Crippen LogP contribution is 2.28. The van der Waals surface area contributed by atoms with Gasteiger partial charge in [-0.15, -0.1) is 0 Å². The number of piperazine rings is 1. The average Bonchev–Trinajstić information content (AvgIpc) is 2.70. The minimum Gasteiger partial charge on any atom is -0.377 e. The Labute approximate surface area is 168 Å². The molecule has 3 rings (SSSR count). The maximum Gasteiger partial charge on any atom is 0.242 e. The molecule has 1 aliphatic heterocycles. The second-order valence-electron chi connectivity index (χ2n) is 8.14. The molecule has 28 heavy (non-hydrogen) atoms. The van der Waals surface area contributed by atoms with E-state index in [1.54, 1.807) is 4.90 Å². The molecule has 1 aromatic carbocycles. The Morgan fingerprint density at radius 1 is 1.21 bits per heavy atom. The molecule has 1 heterocycles. The number of amides is 2. The van der Waals surface area contributed by atoms with Crippen LogP contribution in [0.5, 0.6) is 0 Å². The second kappa shape index (κ2) is 9.52. The number of nitrogens with zero attached hydrogens (tertiary/aromatic N) is 2. The summed E-state index contributed by atoms with van der Waals surface area (Å²) < 4.78 is 5.85. The van der Waals surface area contributed by atoms with E-state index in [0.29, 0.717) is 32.7 Å². The van der Waals surface area contributed by atoms with E-state index in [4.69, 9.17) is 10.5 Å². The minimum absolute atomic E-state index is 0.00332. The molecule has 154 valence electrons. The molecule has 2 amide bonds. The third-order valence-corrected chi connectivity index (χ3v) is 5.85. The van der Waals surface area contributed by atoms with Crippen molar-refractivity contribution in [1.29, 1.82) is 0 Å². The van der Waals surface area contributed by atoms with Gasteiger partial charge in [0.25, 0.3) is 0 Å². The average molecular weight is 388 g/mol. The van der Waals surface area contributed by atoms with Crippen LogP contribution in [0.3, 0.4) is 0 Å². The van der Waals surface area contributed by atoms with Gasteiger partial charge in [-0.25, -0.2) is 0 Å². The quantitative estimate of drug-likeness (QED) is 0.811. The van der Waals surface area contributed by atoms with E-state index in [-0.39, 0.29) is 36.4 Å². The van der Waals surface area contributed by atoms with Crippen LogP contribution in [0.1, 0.15) is 43.7 Å². The van der Waals surface area contributed by atoms with Gasteiger partial charge in [0.2, 0.25) is 11.8 Å². The van der Waals surface area contributed by atoms with Gasteiger partial charge in [-0.1, -0.05) is 36.8 Å². The Hall–Kier alpha value is -1.92. The van der Waals surface area contributed by atoms with Gasteiger partial charge in [-0.05, 0) is 38.2 Å². The molecule has 0 radical (unpaired) electrons. The van der Waals surface area contributed by atoms with E-state index >= 15 is 0 Å². The Morgan fingerprint density at radius 3 is 2.64 bits per heavy atom. The standard InChI is InChI=1S/C22H33N3O3/c1-3-12-28-20-13-18(8-9-19(20)23)22(27)25-11-10-24(21(26)15-25)14-17-6-4-16(2)5-7-17/h4-7,18-20H,3,8-15,23H2,1-2H3/t18-,19+,20+/m0/s1. The molecule has 0 aromatic heterocycles. The van der Waals surface area contributed by atoms with Gasteiger partial charge in [-0.3, -0.25) is 9.59 Å². The first kappa shape index (κ1) is 20.8. The fourth-order valence-electron chi connectivity index (χ4n) is 4.07. The lowest BCUT2D eigenvalue weighted by atomic mass is 9.83. The number of hydrogen-bond donors (Lipinski definition) is 1. The fraction of sp³-hybridized carbons (Fsp3) is 0.636. The van der Waals surface area contributed by atoms with Crippen LogP contribution in [0.4, 0.5) is 0 Å². The third kappa shape index (κ3) is 5.11. The largest absolute Gasteiger partial charge is 0.377 e. The van der Waals surface area contributed by atoms with Gasteiger partial charge in [-0.2, -0.15) is 0 Å². The summed E-state index contributed by atoms with van der Waals surface area (Å²) in [7, 11) is 0. The van der Waals surface area contributed by atoms with E-state index in [1.807, 2.05) is 4.90 Å². The number of carbonyl (C=O) groups is 2. The van der Waals surface area contributed by atoms with Crippen LogP contribution in [-0.2, 0) is 20.9 Å². The predicted octanol–water partition coefficient (Wildman–Crippen LogP) is 2.09. The molecule has 1 aliphatic carbocycles. The highest BCUT2D eigenvalue weighted by Gasteiger charge is 2.36. The Balaban J connectivity index is 1.53. The van der Waals surface area contributed by atoms with Gasteiger partial charge in [0.15, 0.2) is 0 Å². The molecule has 0 spiro atoms. The predicted molar refractivity (Wildman–Crippen MR) is 109 cm³/mol. The van der Waals surface area contributed by atoms with Gasteiger partial charge in [0.05, 0.1) is 12.6 Å². The zero-order valence-electron chi connectivity index (χ0n) is 17.1. The molecule has 6 heteroatoms. The summed E-state index contributed by atoms with van der Waals surface area (Å²) in [6, 6.07) is 8.24. The maximum atomic E-state index is 13.0. The van der Waals surface area contributed by atoms with Crippen LogP contribution in [0.25, 0.3) is 0 Å². The van der Waals surface area contributed by atoms with Gasteiger partial charge < -0.3 is 20.3 Å². The number of ether oxygens (including phenoxy) is 1. The summed E-state index contributed by atoms with van der Waals surface area (Å²) >= 11 is 0. The summed E-state index contributed by atoms with van der Waals surface area (Å²) in [5.74, 6) is 0.0184. The summed E-state index contributed by atoms with van der Waals surface area (Å²) in [6.07, 6.45) is 3.13. The molecule has 3 atom stereocenters. The molecule has 0 bridgehead atoms. The van der Waals surface area contributed by atoms with Crippen molar-refractivity contribution in [3.05, 3.63) is 35.4 Å². The maximum absolute atomic E-state index is 13.0. The lowest BCUT2D eigenvalue weighted by Gasteiger charge is -2.39. The molecule has 6 nitrogen and oxygen atoms in total. The molecule has 0 unspecified atom stereocenters. The van der Waals surface area contributed by atoms with Gasteiger partial charge in [0.1, 0.15) is 0 Å². The number of aryl methyl sites for hydroxylation is 1. The van der Waals surface area contributed by atoms with Crippen molar-refractivity contribution in [2.24, 2.45) is 11.7 Å². The minimum atomic E-state index is -0.0851. The van der Waals surface area contributed by atoms with Crippen molar-refractivity contribution in [3.8, 4) is 0 Å². The highest BCUT2D eigenvalue weighted by atomic mass is 16.5. The lowest BCUT2D eigenvalue weighted by molar-refractivity contribution is -0.149. The Bertz CT molecular complexity index is 676. The zero-order chi connectivity index (χ0) is 20.1. The van der Waals surface area contributed by atoms with Crippen LogP contribution in [0.15, 0.2) is 24.3 Å². The first-order chi connectivity index (χ1) is 13.5. The molecule has 1 saturated carbocycles. The monoisotopic (exact) mass is 387 g/mol. The van der Waals surface area contributed by atoms with E-state index in [2.05, 4.69) is 38.1 Å². The Kier molecular flexibility index (Phi) is 7.08. The highest BCUT2D eigenvalue weighted by molar-refractivity contribution is 5.87. The van der Waals surface area contributed by atoms with E-state index in [1.165, 1.54) is 5.56 Å². The molecule has 1 aromatic rings. The number of hydrogen-bond acceptors (Lipinski definition) is 4. The van der Waals surface area contributed by atoms with E-state index < -0.39 is 0 Å². The Morgan fingerprint density at radius 2 is 1.96 bits per heavy atom. The molecule has 1 saturated heterocycles. The molecular weight excluding hydrogens is 354 g/mol. The lowest BCUT2D eigenvalue weighted by Crippen LogP contribution is -2.54. The third-order valence-electron chi connectivity index (χ3n) is 5.85. The smallest absolute Gasteiger partial charge is 0.242 e. The molecular formula is C22H33N3O3. The van der Waals surface area contributed by atoms with Gasteiger partial charge >= 0.3 is 0 Å². The summed E-state index contributed by atoms with van der Waals surface area (Å²) in [5.41, 5.74) is 8.50. The van der Waals surface area contributed by atoms with Crippen LogP contribution < -0.4 is 5.73 Å². The van der Waals surface area contributed by atoms with Gasteiger partial charge in [0, 0.05) is 38.2 Å². The molecule has 2 aliphatic rings. The van der Waals surface area contributed by atoms with Crippen molar-refractivity contribution < 1.29 is 14.3 Å². The first-order valence-corrected chi connectivity index (χ1v) is 10.5. The topological polar surface area (TPSA) is 75.9 Å². The van der Waals surface area contributed by atoms with Crippen LogP contribution in [0, 0.1) is 12.8 Å². The van der Waals surface area contributed by atoms with Crippen molar-refractivity contribution in [2.45, 2.75) is 58.2 Å². The van der Waals surface area contributed by atoms with Crippen LogP contribution >= 0.6 is 0 Å². The summed E-state index contributed by atoms with van der Waals surface area (Å²) in [5, 5.41) is 0. The first-order valence-electron chi connectivity index (χ1n) is 10.5. The van der Waals surface area contributed by atoms with Crippen LogP contribution in [-0.4, -0.2) is 60.0 Å². The zero-order valence-corrected chi connectivity index (χ0v) is 17.1. The molecule has 2 N–H and O–H groups in total. The van der Waals surface area contributed by atoms with Crippen molar-refractivity contribution in [1.82, 2.24) is 9.80 Å². The summed E-state index contributed by atoms with van der Waals surface area (Å²) in [6.45, 7) is 6.75.